The van der Waals surface area contributed by atoms with Crippen LogP contribution in [0, 0.1) is 6.92 Å². The van der Waals surface area contributed by atoms with Crippen molar-refractivity contribution in [3.63, 3.8) is 0 Å². The zero-order valence-corrected chi connectivity index (χ0v) is 19.1. The average Bonchev–Trinajstić information content (AvgIpc) is 3.44. The number of carbonyl (C=O) groups excluding carboxylic acids is 1. The maximum Gasteiger partial charge on any atom is 0.255 e. The Morgan fingerprint density at radius 3 is 2.63 bits per heavy atom. The van der Waals surface area contributed by atoms with Crippen molar-refractivity contribution in [3.05, 3.63) is 75.7 Å². The highest BCUT2D eigenvalue weighted by molar-refractivity contribution is 7.98. The number of aryl methyl sites for hydroxylation is 1. The van der Waals surface area contributed by atoms with Gasteiger partial charge in [-0.3, -0.25) is 4.79 Å². The highest BCUT2D eigenvalue weighted by atomic mass is 32.2. The molecule has 2 aromatic carbocycles. The first-order valence-electron chi connectivity index (χ1n) is 10.3. The number of benzene rings is 2. The first kappa shape index (κ1) is 20.9. The molecule has 2 heterocycles. The minimum Gasteiger partial charge on any atom is -0.371 e. The predicted octanol–water partition coefficient (Wildman–Crippen LogP) is 5.62. The van der Waals surface area contributed by atoms with E-state index in [1.807, 2.05) is 43.1 Å². The number of para-hydroxylation sites is 1. The summed E-state index contributed by atoms with van der Waals surface area (Å²) in [6.07, 6.45) is 2.48. The van der Waals surface area contributed by atoms with E-state index in [1.54, 1.807) is 23.1 Å². The number of aromatic nitrogens is 1. The summed E-state index contributed by atoms with van der Waals surface area (Å²) in [5.41, 5.74) is 4.29. The molecular formula is C24H27N3OS2. The van der Waals surface area contributed by atoms with Crippen molar-refractivity contribution in [3.8, 4) is 0 Å². The van der Waals surface area contributed by atoms with Gasteiger partial charge in [-0.25, -0.2) is 4.98 Å². The molecule has 4 rings (SSSR count). The Labute approximate surface area is 186 Å². The van der Waals surface area contributed by atoms with Crippen LogP contribution in [0.2, 0.25) is 0 Å². The first-order chi connectivity index (χ1) is 14.6. The van der Waals surface area contributed by atoms with E-state index in [9.17, 15) is 4.79 Å². The monoisotopic (exact) mass is 437 g/mol. The van der Waals surface area contributed by atoms with Gasteiger partial charge in [0.05, 0.1) is 16.3 Å². The summed E-state index contributed by atoms with van der Waals surface area (Å²) in [5, 5.41) is 3.17. The van der Waals surface area contributed by atoms with Crippen LogP contribution in [0.5, 0.6) is 0 Å². The van der Waals surface area contributed by atoms with Gasteiger partial charge in [-0.15, -0.1) is 23.1 Å². The Morgan fingerprint density at radius 1 is 1.13 bits per heavy atom. The molecular weight excluding hydrogens is 410 g/mol. The van der Waals surface area contributed by atoms with Crippen molar-refractivity contribution in [1.29, 1.82) is 0 Å². The maximum absolute atomic E-state index is 13.3. The van der Waals surface area contributed by atoms with Crippen LogP contribution in [0.4, 0.5) is 5.69 Å². The van der Waals surface area contributed by atoms with Gasteiger partial charge in [-0.2, -0.15) is 0 Å². The number of amides is 1. The molecule has 1 fully saturated rings. The number of thiazole rings is 1. The molecule has 0 aliphatic carbocycles. The zero-order valence-electron chi connectivity index (χ0n) is 17.5. The second-order valence-electron chi connectivity index (χ2n) is 7.63. The number of thioether (sulfide) groups is 1. The Hall–Kier alpha value is -2.31. The van der Waals surface area contributed by atoms with E-state index in [0.717, 1.165) is 40.0 Å². The summed E-state index contributed by atoms with van der Waals surface area (Å²) in [5.74, 6) is 0.833. The lowest BCUT2D eigenvalue weighted by molar-refractivity contribution is 0.0782. The van der Waals surface area contributed by atoms with Gasteiger partial charge in [0.2, 0.25) is 0 Å². The summed E-state index contributed by atoms with van der Waals surface area (Å²) < 4.78 is 0. The predicted molar refractivity (Wildman–Crippen MR) is 127 cm³/mol. The summed E-state index contributed by atoms with van der Waals surface area (Å²) in [7, 11) is 1.90. The van der Waals surface area contributed by atoms with Crippen LogP contribution in [-0.4, -0.2) is 35.9 Å². The lowest BCUT2D eigenvalue weighted by Crippen LogP contribution is -2.28. The molecule has 0 bridgehead atoms. The molecule has 6 heteroatoms. The fraction of sp³-hybridized carbons (Fsp3) is 0.333. The maximum atomic E-state index is 13.3. The molecule has 1 aliphatic heterocycles. The molecule has 1 saturated heterocycles. The minimum atomic E-state index is 0.0591. The molecule has 0 radical (unpaired) electrons. The van der Waals surface area contributed by atoms with E-state index in [-0.39, 0.29) is 5.91 Å². The zero-order chi connectivity index (χ0) is 20.9. The lowest BCUT2D eigenvalue weighted by atomic mass is 10.1. The van der Waals surface area contributed by atoms with Gasteiger partial charge in [0.25, 0.3) is 5.91 Å². The number of carbonyl (C=O) groups is 1. The molecule has 156 valence electrons. The van der Waals surface area contributed by atoms with Gasteiger partial charge in [0, 0.05) is 48.4 Å². The van der Waals surface area contributed by atoms with E-state index in [2.05, 4.69) is 39.5 Å². The third kappa shape index (κ3) is 4.87. The van der Waals surface area contributed by atoms with Crippen molar-refractivity contribution in [2.24, 2.45) is 0 Å². The van der Waals surface area contributed by atoms with Crippen LogP contribution >= 0.6 is 23.1 Å². The summed E-state index contributed by atoms with van der Waals surface area (Å²) >= 11 is 3.34. The van der Waals surface area contributed by atoms with E-state index in [1.165, 1.54) is 24.1 Å². The molecule has 30 heavy (non-hydrogen) atoms. The van der Waals surface area contributed by atoms with Crippen LogP contribution in [0.1, 0.15) is 39.5 Å². The molecule has 1 aromatic heterocycles. The fourth-order valence-electron chi connectivity index (χ4n) is 3.84. The van der Waals surface area contributed by atoms with Crippen LogP contribution < -0.4 is 4.90 Å². The third-order valence-corrected chi connectivity index (χ3v) is 7.28. The molecule has 1 aliphatic rings. The van der Waals surface area contributed by atoms with Gasteiger partial charge >= 0.3 is 0 Å². The number of anilines is 1. The Kier molecular flexibility index (Phi) is 6.75. The summed E-state index contributed by atoms with van der Waals surface area (Å²) in [6.45, 7) is 4.83. The molecule has 0 unspecified atom stereocenters. The lowest BCUT2D eigenvalue weighted by Gasteiger charge is -2.25. The number of hydrogen-bond acceptors (Lipinski definition) is 5. The highest BCUT2D eigenvalue weighted by Crippen LogP contribution is 2.29. The topological polar surface area (TPSA) is 36.4 Å². The second-order valence-corrected chi connectivity index (χ2v) is 9.71. The van der Waals surface area contributed by atoms with Crippen LogP contribution in [0.3, 0.4) is 0 Å². The molecule has 4 nitrogen and oxygen atoms in total. The standard InChI is InChI=1S/C24H27N3OS2/c1-18-25-20(16-29-18)17-30-23-12-6-4-10-21(23)24(28)26(2)15-19-9-3-5-11-22(19)27-13-7-8-14-27/h3-6,9-12,16H,7-8,13-15,17H2,1-2H3. The van der Waals surface area contributed by atoms with Crippen molar-refractivity contribution in [2.45, 2.75) is 37.0 Å². The number of rotatable bonds is 7. The molecule has 0 saturated carbocycles. The van der Waals surface area contributed by atoms with Crippen molar-refractivity contribution in [1.82, 2.24) is 9.88 Å². The largest absolute Gasteiger partial charge is 0.371 e. The second kappa shape index (κ2) is 9.67. The highest BCUT2D eigenvalue weighted by Gasteiger charge is 2.20. The summed E-state index contributed by atoms with van der Waals surface area (Å²) in [4.78, 5) is 23.1. The normalized spacial score (nSPS) is 13.6. The van der Waals surface area contributed by atoms with E-state index in [4.69, 9.17) is 0 Å². The van der Waals surface area contributed by atoms with Crippen molar-refractivity contribution < 1.29 is 4.79 Å². The Morgan fingerprint density at radius 2 is 1.87 bits per heavy atom. The fourth-order valence-corrected chi connectivity index (χ4v) is 5.49. The van der Waals surface area contributed by atoms with E-state index in [0.29, 0.717) is 6.54 Å². The minimum absolute atomic E-state index is 0.0591. The summed E-state index contributed by atoms with van der Waals surface area (Å²) in [6, 6.07) is 16.4. The quantitative estimate of drug-likeness (QED) is 0.450. The van der Waals surface area contributed by atoms with Gasteiger partial charge in [0.15, 0.2) is 0 Å². The van der Waals surface area contributed by atoms with Crippen LogP contribution in [-0.2, 0) is 12.3 Å². The van der Waals surface area contributed by atoms with Crippen LogP contribution in [0.25, 0.3) is 0 Å². The van der Waals surface area contributed by atoms with Crippen LogP contribution in [0.15, 0.2) is 58.8 Å². The smallest absolute Gasteiger partial charge is 0.255 e. The van der Waals surface area contributed by atoms with Gasteiger partial charge < -0.3 is 9.80 Å². The number of nitrogens with zero attached hydrogens (tertiary/aromatic N) is 3. The number of hydrogen-bond donors (Lipinski definition) is 0. The third-order valence-electron chi connectivity index (χ3n) is 5.35. The van der Waals surface area contributed by atoms with E-state index >= 15 is 0 Å². The SMILES string of the molecule is Cc1nc(CSc2ccccc2C(=O)N(C)Cc2ccccc2N2CCCC2)cs1. The molecule has 3 aromatic rings. The molecule has 1 amide bonds. The van der Waals surface area contributed by atoms with E-state index < -0.39 is 0 Å². The average molecular weight is 438 g/mol. The molecule has 0 N–H and O–H groups in total. The Bertz CT molecular complexity index is 1010. The van der Waals surface area contributed by atoms with Gasteiger partial charge in [0.1, 0.15) is 0 Å². The van der Waals surface area contributed by atoms with Crippen molar-refractivity contribution >= 4 is 34.7 Å². The van der Waals surface area contributed by atoms with Crippen molar-refractivity contribution in [2.75, 3.05) is 25.0 Å². The van der Waals surface area contributed by atoms with Gasteiger partial charge in [-0.1, -0.05) is 30.3 Å². The van der Waals surface area contributed by atoms with Gasteiger partial charge in [-0.05, 0) is 43.5 Å². The molecule has 0 spiro atoms. The Balaban J connectivity index is 1.48. The molecule has 0 atom stereocenters. The first-order valence-corrected chi connectivity index (χ1v) is 12.2.